The van der Waals surface area contributed by atoms with Crippen molar-refractivity contribution in [2.24, 2.45) is 0 Å². The molecule has 0 aromatic carbocycles. The van der Waals surface area contributed by atoms with E-state index in [-0.39, 0.29) is 0 Å². The van der Waals surface area contributed by atoms with Gasteiger partial charge in [-0.15, -0.1) is 0 Å². The maximum atomic E-state index is 10.3. The molecule has 0 aliphatic carbocycles. The van der Waals surface area contributed by atoms with Crippen LogP contribution in [0.1, 0.15) is 12.8 Å². The fraction of sp³-hybridized carbons (Fsp3) is 0.857. The summed E-state index contributed by atoms with van der Waals surface area (Å²) in [6, 6.07) is 0.471. The monoisotopic (exact) mass is 142 g/mol. The third kappa shape index (κ3) is 1.70. The maximum Gasteiger partial charge on any atom is 0.209 e. The molecule has 0 saturated carbocycles. The number of carbonyl (C=O) groups excluding carboxylic acids is 1. The largest absolute Gasteiger partial charge is 0.345 e. The van der Waals surface area contributed by atoms with Crippen LogP contribution >= 0.6 is 0 Å². The van der Waals surface area contributed by atoms with Crippen LogP contribution in [0.4, 0.5) is 0 Å². The van der Waals surface area contributed by atoms with Crippen LogP contribution < -0.4 is 5.32 Å². The summed E-state index contributed by atoms with van der Waals surface area (Å²) in [5.74, 6) is 0. The summed E-state index contributed by atoms with van der Waals surface area (Å²) < 4.78 is 0. The molecular formula is C7H14N2O. The van der Waals surface area contributed by atoms with E-state index in [4.69, 9.17) is 0 Å². The molecule has 1 rings (SSSR count). The summed E-state index contributed by atoms with van der Waals surface area (Å²) in [7, 11) is 1.85. The van der Waals surface area contributed by atoms with Crippen LogP contribution in [-0.2, 0) is 4.79 Å². The van der Waals surface area contributed by atoms with Crippen molar-refractivity contribution in [3.63, 3.8) is 0 Å². The van der Waals surface area contributed by atoms with Crippen molar-refractivity contribution in [2.45, 2.75) is 18.9 Å². The molecule has 1 N–H and O–H groups in total. The van der Waals surface area contributed by atoms with Crippen molar-refractivity contribution in [2.75, 3.05) is 20.1 Å². The Labute approximate surface area is 61.4 Å². The van der Waals surface area contributed by atoms with E-state index in [1.807, 2.05) is 7.05 Å². The Kier molecular flexibility index (Phi) is 2.68. The van der Waals surface area contributed by atoms with Crippen LogP contribution in [0.5, 0.6) is 0 Å². The van der Waals surface area contributed by atoms with Crippen molar-refractivity contribution in [3.8, 4) is 0 Å². The van der Waals surface area contributed by atoms with E-state index in [0.717, 1.165) is 32.3 Å². The van der Waals surface area contributed by atoms with Gasteiger partial charge in [-0.3, -0.25) is 4.79 Å². The molecule has 0 spiro atoms. The highest BCUT2D eigenvalue weighted by molar-refractivity contribution is 5.47. The van der Waals surface area contributed by atoms with Gasteiger partial charge in [0.25, 0.3) is 0 Å². The van der Waals surface area contributed by atoms with Crippen molar-refractivity contribution in [3.05, 3.63) is 0 Å². The Bertz CT molecular complexity index is 110. The zero-order valence-electron chi connectivity index (χ0n) is 6.34. The van der Waals surface area contributed by atoms with Crippen LogP contribution in [0, 0.1) is 0 Å². The Morgan fingerprint density at radius 2 is 2.10 bits per heavy atom. The van der Waals surface area contributed by atoms with Crippen molar-refractivity contribution in [1.82, 2.24) is 10.2 Å². The quantitative estimate of drug-likeness (QED) is 0.543. The standard InChI is InChI=1S/C7H14N2O/c1-9(6-10)7-2-4-8-5-3-7/h6-8H,2-5H2,1H3. The predicted octanol–water partition coefficient (Wildman–Crippen LogP) is -0.173. The average molecular weight is 142 g/mol. The summed E-state index contributed by atoms with van der Waals surface area (Å²) in [4.78, 5) is 12.1. The number of hydrogen-bond acceptors (Lipinski definition) is 2. The maximum absolute atomic E-state index is 10.3. The predicted molar refractivity (Wildman–Crippen MR) is 39.7 cm³/mol. The molecular weight excluding hydrogens is 128 g/mol. The Hall–Kier alpha value is -0.570. The molecule has 10 heavy (non-hydrogen) atoms. The van der Waals surface area contributed by atoms with Crippen LogP contribution in [-0.4, -0.2) is 37.5 Å². The Balaban J connectivity index is 2.30. The van der Waals surface area contributed by atoms with Gasteiger partial charge in [0.05, 0.1) is 0 Å². The number of nitrogens with zero attached hydrogens (tertiary/aromatic N) is 1. The third-order valence-electron chi connectivity index (χ3n) is 2.05. The molecule has 1 aliphatic heterocycles. The highest BCUT2D eigenvalue weighted by Gasteiger charge is 2.15. The molecule has 1 saturated heterocycles. The zero-order chi connectivity index (χ0) is 7.40. The van der Waals surface area contributed by atoms with Crippen molar-refractivity contribution >= 4 is 6.41 Å². The topological polar surface area (TPSA) is 32.3 Å². The van der Waals surface area contributed by atoms with Gasteiger partial charge in [0.15, 0.2) is 0 Å². The number of piperidine rings is 1. The van der Waals surface area contributed by atoms with Gasteiger partial charge >= 0.3 is 0 Å². The fourth-order valence-corrected chi connectivity index (χ4v) is 1.30. The first-order chi connectivity index (χ1) is 4.84. The lowest BCUT2D eigenvalue weighted by atomic mass is 10.1. The normalized spacial score (nSPS) is 20.5. The van der Waals surface area contributed by atoms with Gasteiger partial charge in [-0.05, 0) is 25.9 Å². The minimum atomic E-state index is 0.471. The van der Waals surface area contributed by atoms with Crippen LogP contribution in [0.25, 0.3) is 0 Å². The van der Waals surface area contributed by atoms with E-state index in [2.05, 4.69) is 5.32 Å². The lowest BCUT2D eigenvalue weighted by molar-refractivity contribution is -0.119. The van der Waals surface area contributed by atoms with E-state index in [0.29, 0.717) is 6.04 Å². The van der Waals surface area contributed by atoms with E-state index in [1.165, 1.54) is 0 Å². The highest BCUT2D eigenvalue weighted by Crippen LogP contribution is 2.06. The van der Waals surface area contributed by atoms with Gasteiger partial charge in [0.2, 0.25) is 6.41 Å². The molecule has 0 aromatic rings. The SMILES string of the molecule is CN(C=O)C1CCNCC1. The van der Waals surface area contributed by atoms with Crippen LogP contribution in [0.3, 0.4) is 0 Å². The molecule has 1 aliphatic rings. The van der Waals surface area contributed by atoms with Gasteiger partial charge in [-0.25, -0.2) is 0 Å². The number of carbonyl (C=O) groups is 1. The molecule has 0 atom stereocenters. The molecule has 0 radical (unpaired) electrons. The van der Waals surface area contributed by atoms with Crippen LogP contribution in [0.2, 0.25) is 0 Å². The lowest BCUT2D eigenvalue weighted by Crippen LogP contribution is -2.40. The smallest absolute Gasteiger partial charge is 0.209 e. The summed E-state index contributed by atoms with van der Waals surface area (Å²) >= 11 is 0. The summed E-state index contributed by atoms with van der Waals surface area (Å²) in [5.41, 5.74) is 0. The minimum absolute atomic E-state index is 0.471. The van der Waals surface area contributed by atoms with Crippen molar-refractivity contribution in [1.29, 1.82) is 0 Å². The lowest BCUT2D eigenvalue weighted by Gasteiger charge is -2.28. The second-order valence-corrected chi connectivity index (χ2v) is 2.75. The fourth-order valence-electron chi connectivity index (χ4n) is 1.30. The van der Waals surface area contributed by atoms with E-state index >= 15 is 0 Å². The Morgan fingerprint density at radius 3 is 2.60 bits per heavy atom. The van der Waals surface area contributed by atoms with E-state index in [1.54, 1.807) is 4.90 Å². The minimum Gasteiger partial charge on any atom is -0.345 e. The molecule has 0 aromatic heterocycles. The second kappa shape index (κ2) is 3.56. The first-order valence-electron chi connectivity index (χ1n) is 3.72. The van der Waals surface area contributed by atoms with Crippen LogP contribution in [0.15, 0.2) is 0 Å². The molecule has 3 heteroatoms. The molecule has 1 fully saturated rings. The van der Waals surface area contributed by atoms with E-state index in [9.17, 15) is 4.79 Å². The first-order valence-corrected chi connectivity index (χ1v) is 3.72. The molecule has 3 nitrogen and oxygen atoms in total. The van der Waals surface area contributed by atoms with Gasteiger partial charge in [-0.1, -0.05) is 0 Å². The summed E-state index contributed by atoms with van der Waals surface area (Å²) in [6.07, 6.45) is 3.10. The number of hydrogen-bond donors (Lipinski definition) is 1. The summed E-state index contributed by atoms with van der Waals surface area (Å²) in [6.45, 7) is 2.09. The second-order valence-electron chi connectivity index (χ2n) is 2.75. The number of amides is 1. The number of nitrogens with one attached hydrogen (secondary N) is 1. The van der Waals surface area contributed by atoms with Gasteiger partial charge in [-0.2, -0.15) is 0 Å². The third-order valence-corrected chi connectivity index (χ3v) is 2.05. The van der Waals surface area contributed by atoms with Gasteiger partial charge < -0.3 is 10.2 Å². The first kappa shape index (κ1) is 7.54. The molecule has 0 unspecified atom stereocenters. The molecule has 1 heterocycles. The van der Waals surface area contributed by atoms with Gasteiger partial charge in [0, 0.05) is 13.1 Å². The van der Waals surface area contributed by atoms with E-state index < -0.39 is 0 Å². The molecule has 0 bridgehead atoms. The van der Waals surface area contributed by atoms with Crippen molar-refractivity contribution < 1.29 is 4.79 Å². The van der Waals surface area contributed by atoms with Gasteiger partial charge in [0.1, 0.15) is 0 Å². The Morgan fingerprint density at radius 1 is 1.50 bits per heavy atom. The summed E-state index contributed by atoms with van der Waals surface area (Å²) in [5, 5.41) is 3.25. The number of rotatable bonds is 2. The average Bonchev–Trinajstić information content (AvgIpc) is 2.05. The molecule has 58 valence electrons. The zero-order valence-corrected chi connectivity index (χ0v) is 6.34. The highest BCUT2D eigenvalue weighted by atomic mass is 16.1. The molecule has 1 amide bonds.